The van der Waals surface area contributed by atoms with E-state index in [-0.39, 0.29) is 12.2 Å². The van der Waals surface area contributed by atoms with Crippen molar-refractivity contribution in [1.29, 1.82) is 0 Å². The molecule has 1 N–H and O–H groups in total. The highest BCUT2D eigenvalue weighted by Crippen LogP contribution is 2.20. The smallest absolute Gasteiger partial charge is 0.340 e. The number of esters is 1. The standard InChI is InChI=1S/C21H24ClN3O3/c1-2-24-11-13-25(14-12-24)17-9-7-16(8-10-17)23-20(26)15-28-21(27)18-5-3-4-6-19(18)22/h3-10H,2,11-15H2,1H3,(H,23,26). The highest BCUT2D eigenvalue weighted by Gasteiger charge is 2.16. The van der Waals surface area contributed by atoms with Crippen molar-refractivity contribution in [3.05, 3.63) is 59.1 Å². The average molecular weight is 402 g/mol. The van der Waals surface area contributed by atoms with E-state index in [1.165, 1.54) is 0 Å². The minimum Gasteiger partial charge on any atom is -0.452 e. The zero-order chi connectivity index (χ0) is 19.9. The number of carbonyl (C=O) groups excluding carboxylic acids is 2. The number of hydrogen-bond donors (Lipinski definition) is 1. The van der Waals surface area contributed by atoms with Gasteiger partial charge >= 0.3 is 5.97 Å². The van der Waals surface area contributed by atoms with Crippen molar-refractivity contribution >= 4 is 34.9 Å². The third kappa shape index (κ3) is 5.24. The van der Waals surface area contributed by atoms with Crippen LogP contribution in [0.5, 0.6) is 0 Å². The Bertz CT molecular complexity index is 818. The lowest BCUT2D eigenvalue weighted by Crippen LogP contribution is -2.46. The van der Waals surface area contributed by atoms with E-state index >= 15 is 0 Å². The van der Waals surface area contributed by atoms with Gasteiger partial charge in [-0.15, -0.1) is 0 Å². The third-order valence-corrected chi connectivity index (χ3v) is 5.09. The van der Waals surface area contributed by atoms with E-state index in [9.17, 15) is 9.59 Å². The first-order valence-corrected chi connectivity index (χ1v) is 9.73. The van der Waals surface area contributed by atoms with Crippen molar-refractivity contribution in [3.63, 3.8) is 0 Å². The summed E-state index contributed by atoms with van der Waals surface area (Å²) < 4.78 is 5.03. The Morgan fingerprint density at radius 3 is 2.36 bits per heavy atom. The second kappa shape index (κ2) is 9.57. The Morgan fingerprint density at radius 2 is 1.71 bits per heavy atom. The number of rotatable bonds is 6. The number of anilines is 2. The van der Waals surface area contributed by atoms with Gasteiger partial charge in [-0.25, -0.2) is 4.79 Å². The molecule has 148 valence electrons. The van der Waals surface area contributed by atoms with Crippen molar-refractivity contribution in [2.45, 2.75) is 6.92 Å². The third-order valence-electron chi connectivity index (χ3n) is 4.76. The monoisotopic (exact) mass is 401 g/mol. The molecule has 6 nitrogen and oxygen atoms in total. The van der Waals surface area contributed by atoms with Crippen molar-refractivity contribution < 1.29 is 14.3 Å². The number of carbonyl (C=O) groups is 2. The molecule has 0 saturated carbocycles. The molecular formula is C21H24ClN3O3. The molecule has 2 aromatic rings. The van der Waals surface area contributed by atoms with Crippen LogP contribution < -0.4 is 10.2 Å². The summed E-state index contributed by atoms with van der Waals surface area (Å²) in [4.78, 5) is 28.8. The molecule has 7 heteroatoms. The van der Waals surface area contributed by atoms with Crippen LogP contribution in [0.1, 0.15) is 17.3 Å². The molecule has 0 atom stereocenters. The number of halogens is 1. The fourth-order valence-corrected chi connectivity index (χ4v) is 3.32. The highest BCUT2D eigenvalue weighted by atomic mass is 35.5. The van der Waals surface area contributed by atoms with E-state index in [1.54, 1.807) is 24.3 Å². The van der Waals surface area contributed by atoms with E-state index in [0.717, 1.165) is 38.4 Å². The molecule has 0 aliphatic carbocycles. The van der Waals surface area contributed by atoms with Gasteiger partial charge in [0, 0.05) is 37.6 Å². The van der Waals surface area contributed by atoms with Crippen molar-refractivity contribution in [2.75, 3.05) is 49.5 Å². The van der Waals surface area contributed by atoms with Gasteiger partial charge in [0.2, 0.25) is 0 Å². The van der Waals surface area contributed by atoms with Gasteiger partial charge in [-0.05, 0) is 42.9 Å². The van der Waals surface area contributed by atoms with Crippen molar-refractivity contribution in [1.82, 2.24) is 4.90 Å². The molecular weight excluding hydrogens is 378 g/mol. The first kappa shape index (κ1) is 20.2. The number of benzene rings is 2. The highest BCUT2D eigenvalue weighted by molar-refractivity contribution is 6.33. The SMILES string of the molecule is CCN1CCN(c2ccc(NC(=O)COC(=O)c3ccccc3Cl)cc2)CC1. The molecule has 0 radical (unpaired) electrons. The molecule has 0 bridgehead atoms. The Labute approximate surface area is 170 Å². The van der Waals surface area contributed by atoms with Crippen LogP contribution in [0.2, 0.25) is 5.02 Å². The molecule has 0 unspecified atom stereocenters. The topological polar surface area (TPSA) is 61.9 Å². The maximum Gasteiger partial charge on any atom is 0.340 e. The van der Waals surface area contributed by atoms with Crippen LogP contribution in [0.3, 0.4) is 0 Å². The molecule has 1 heterocycles. The number of hydrogen-bond acceptors (Lipinski definition) is 5. The number of amides is 1. The molecule has 1 aliphatic heterocycles. The van der Waals surface area contributed by atoms with Gasteiger partial charge in [0.1, 0.15) is 0 Å². The lowest BCUT2D eigenvalue weighted by atomic mass is 10.2. The van der Waals surface area contributed by atoms with E-state index in [4.69, 9.17) is 16.3 Å². The van der Waals surface area contributed by atoms with Crippen LogP contribution in [0.15, 0.2) is 48.5 Å². The van der Waals surface area contributed by atoms with Gasteiger partial charge in [-0.2, -0.15) is 0 Å². The Morgan fingerprint density at radius 1 is 1.04 bits per heavy atom. The summed E-state index contributed by atoms with van der Waals surface area (Å²) in [5.41, 5.74) is 2.04. The second-order valence-corrected chi connectivity index (χ2v) is 6.98. The molecule has 1 amide bonds. The number of piperazine rings is 1. The summed E-state index contributed by atoms with van der Waals surface area (Å²) >= 11 is 5.95. The normalized spacial score (nSPS) is 14.6. The van der Waals surface area contributed by atoms with Gasteiger partial charge in [-0.1, -0.05) is 30.7 Å². The number of ether oxygens (including phenoxy) is 1. The fourth-order valence-electron chi connectivity index (χ4n) is 3.11. The van der Waals surface area contributed by atoms with Crippen LogP contribution in [0.25, 0.3) is 0 Å². The van der Waals surface area contributed by atoms with Crippen LogP contribution in [0, 0.1) is 0 Å². The zero-order valence-corrected chi connectivity index (χ0v) is 16.6. The quantitative estimate of drug-likeness (QED) is 0.752. The van der Waals surface area contributed by atoms with Crippen LogP contribution in [-0.4, -0.2) is 56.1 Å². The predicted molar refractivity (Wildman–Crippen MR) is 111 cm³/mol. The zero-order valence-electron chi connectivity index (χ0n) is 15.9. The lowest BCUT2D eigenvalue weighted by molar-refractivity contribution is -0.119. The maximum absolute atomic E-state index is 12.1. The summed E-state index contributed by atoms with van der Waals surface area (Å²) in [6, 6.07) is 14.3. The van der Waals surface area contributed by atoms with Gasteiger partial charge in [0.05, 0.1) is 10.6 Å². The van der Waals surface area contributed by atoms with E-state index < -0.39 is 11.9 Å². The number of nitrogens with one attached hydrogen (secondary N) is 1. The van der Waals surface area contributed by atoms with Gasteiger partial charge in [0.15, 0.2) is 6.61 Å². The summed E-state index contributed by atoms with van der Waals surface area (Å²) in [5, 5.41) is 3.03. The lowest BCUT2D eigenvalue weighted by Gasteiger charge is -2.35. The van der Waals surface area contributed by atoms with E-state index in [1.807, 2.05) is 24.3 Å². The average Bonchev–Trinajstić information content (AvgIpc) is 2.73. The molecule has 3 rings (SSSR count). The Kier molecular flexibility index (Phi) is 6.90. The molecule has 1 saturated heterocycles. The van der Waals surface area contributed by atoms with E-state index in [0.29, 0.717) is 10.7 Å². The summed E-state index contributed by atoms with van der Waals surface area (Å²) in [7, 11) is 0. The Hall–Kier alpha value is -2.57. The van der Waals surface area contributed by atoms with Crippen LogP contribution in [0.4, 0.5) is 11.4 Å². The number of nitrogens with zero attached hydrogens (tertiary/aromatic N) is 2. The Balaban J connectivity index is 1.48. The molecule has 2 aromatic carbocycles. The van der Waals surface area contributed by atoms with E-state index in [2.05, 4.69) is 22.0 Å². The van der Waals surface area contributed by atoms with Gasteiger partial charge < -0.3 is 19.9 Å². The summed E-state index contributed by atoms with van der Waals surface area (Å²) in [6.45, 7) is 7.01. The molecule has 0 aromatic heterocycles. The fraction of sp³-hybridized carbons (Fsp3) is 0.333. The maximum atomic E-state index is 12.1. The minimum absolute atomic E-state index is 0.240. The summed E-state index contributed by atoms with van der Waals surface area (Å²) in [5.74, 6) is -1.02. The molecule has 0 spiro atoms. The minimum atomic E-state index is -0.623. The van der Waals surface area contributed by atoms with Crippen molar-refractivity contribution in [2.24, 2.45) is 0 Å². The first-order chi connectivity index (χ1) is 13.6. The largest absolute Gasteiger partial charge is 0.452 e. The van der Waals surface area contributed by atoms with Crippen LogP contribution >= 0.6 is 11.6 Å². The number of likely N-dealkylation sites (N-methyl/N-ethyl adjacent to an activating group) is 1. The van der Waals surface area contributed by atoms with Crippen LogP contribution in [-0.2, 0) is 9.53 Å². The van der Waals surface area contributed by atoms with Gasteiger partial charge in [-0.3, -0.25) is 4.79 Å². The molecule has 1 aliphatic rings. The van der Waals surface area contributed by atoms with Gasteiger partial charge in [0.25, 0.3) is 5.91 Å². The molecule has 28 heavy (non-hydrogen) atoms. The first-order valence-electron chi connectivity index (χ1n) is 9.35. The second-order valence-electron chi connectivity index (χ2n) is 6.57. The molecule has 1 fully saturated rings. The van der Waals surface area contributed by atoms with Crippen molar-refractivity contribution in [3.8, 4) is 0 Å². The summed E-state index contributed by atoms with van der Waals surface area (Å²) in [6.07, 6.45) is 0. The predicted octanol–water partition coefficient (Wildman–Crippen LogP) is 3.28.